The van der Waals surface area contributed by atoms with Gasteiger partial charge >= 0.3 is 5.97 Å². The number of nitrogens with one attached hydrogen (secondary N) is 1. The second-order valence-electron chi connectivity index (χ2n) is 9.40. The average Bonchev–Trinajstić information content (AvgIpc) is 2.87. The van der Waals surface area contributed by atoms with Crippen LogP contribution in [0.1, 0.15) is 37.8 Å². The van der Waals surface area contributed by atoms with Gasteiger partial charge in [0, 0.05) is 12.1 Å². The fraction of sp³-hybridized carbons (Fsp3) is 0.276. The molecule has 0 heterocycles. The molecule has 0 radical (unpaired) electrons. The summed E-state index contributed by atoms with van der Waals surface area (Å²) in [5, 5.41) is 19.7. The van der Waals surface area contributed by atoms with Gasteiger partial charge in [-0.1, -0.05) is 60.7 Å². The van der Waals surface area contributed by atoms with Gasteiger partial charge in [0.05, 0.1) is 23.0 Å². The molecular weight excluding hydrogens is 490 g/mol. The Morgan fingerprint density at radius 3 is 2.46 bits per heavy atom. The van der Waals surface area contributed by atoms with E-state index in [1.54, 1.807) is 62.4 Å². The largest absolute Gasteiger partial charge is 0.493 e. The molecule has 3 aromatic rings. The average molecular weight is 524 g/mol. The third-order valence-corrected chi connectivity index (χ3v) is 7.34. The highest BCUT2D eigenvalue weighted by atomic mass is 32.2. The number of aliphatic hydroxyl groups excluding tert-OH is 1. The molecule has 8 heteroatoms. The summed E-state index contributed by atoms with van der Waals surface area (Å²) in [5.41, 5.74) is 1.26. The third kappa shape index (κ3) is 8.48. The van der Waals surface area contributed by atoms with Crippen LogP contribution in [0.25, 0.3) is 6.08 Å². The molecule has 0 aliphatic heterocycles. The van der Waals surface area contributed by atoms with E-state index in [2.05, 4.69) is 4.72 Å². The van der Waals surface area contributed by atoms with Gasteiger partial charge in [0.15, 0.2) is 0 Å². The molecule has 0 bridgehead atoms. The Kier molecular flexibility index (Phi) is 9.49. The van der Waals surface area contributed by atoms with Crippen LogP contribution in [0.4, 0.5) is 5.69 Å². The molecule has 3 rings (SSSR count). The van der Waals surface area contributed by atoms with Crippen molar-refractivity contribution in [1.29, 1.82) is 0 Å². The van der Waals surface area contributed by atoms with Crippen molar-refractivity contribution in [3.8, 4) is 5.75 Å². The van der Waals surface area contributed by atoms with Crippen molar-refractivity contribution in [2.75, 3.05) is 11.3 Å². The summed E-state index contributed by atoms with van der Waals surface area (Å²) in [5.74, 6) is -0.154. The van der Waals surface area contributed by atoms with Gasteiger partial charge in [-0.05, 0) is 68.1 Å². The molecule has 7 nitrogen and oxygen atoms in total. The Bertz CT molecular complexity index is 1320. The van der Waals surface area contributed by atoms with Gasteiger partial charge < -0.3 is 14.9 Å². The maximum atomic E-state index is 12.5. The summed E-state index contributed by atoms with van der Waals surface area (Å²) in [6.07, 6.45) is 4.01. The van der Waals surface area contributed by atoms with Gasteiger partial charge in [0.25, 0.3) is 10.0 Å². The summed E-state index contributed by atoms with van der Waals surface area (Å²) in [4.78, 5) is 11.6. The highest BCUT2D eigenvalue weighted by Crippen LogP contribution is 2.27. The molecule has 0 amide bonds. The van der Waals surface area contributed by atoms with Crippen molar-refractivity contribution in [2.24, 2.45) is 5.41 Å². The normalized spacial score (nSPS) is 12.8. The van der Waals surface area contributed by atoms with Gasteiger partial charge in [-0.2, -0.15) is 0 Å². The van der Waals surface area contributed by atoms with Gasteiger partial charge in [-0.3, -0.25) is 9.52 Å². The molecule has 1 atom stereocenters. The first-order valence-corrected chi connectivity index (χ1v) is 13.5. The van der Waals surface area contributed by atoms with Crippen molar-refractivity contribution in [1.82, 2.24) is 0 Å². The van der Waals surface area contributed by atoms with Gasteiger partial charge in [-0.25, -0.2) is 8.42 Å². The second-order valence-corrected chi connectivity index (χ2v) is 11.1. The Morgan fingerprint density at radius 1 is 1.03 bits per heavy atom. The van der Waals surface area contributed by atoms with Crippen LogP contribution in [0.3, 0.4) is 0 Å². The monoisotopic (exact) mass is 523 g/mol. The molecule has 0 aliphatic rings. The van der Waals surface area contributed by atoms with Crippen molar-refractivity contribution >= 4 is 27.8 Å². The number of carbonyl (C=O) groups is 1. The number of carboxylic acid groups (broad SMARTS) is 1. The maximum Gasteiger partial charge on any atom is 0.309 e. The molecule has 196 valence electrons. The number of para-hydroxylation sites is 1. The topological polar surface area (TPSA) is 113 Å². The van der Waals surface area contributed by atoms with Crippen molar-refractivity contribution in [3.63, 3.8) is 0 Å². The Hall–Kier alpha value is -3.62. The summed E-state index contributed by atoms with van der Waals surface area (Å²) >= 11 is 0. The van der Waals surface area contributed by atoms with Crippen molar-refractivity contribution in [2.45, 2.75) is 44.1 Å². The van der Waals surface area contributed by atoms with Gasteiger partial charge in [0.2, 0.25) is 0 Å². The molecular formula is C29H33NO6S. The lowest BCUT2D eigenvalue weighted by Crippen LogP contribution is -2.24. The molecule has 3 N–H and O–H groups in total. The highest BCUT2D eigenvalue weighted by Gasteiger charge is 2.27. The number of rotatable bonds is 13. The Balaban J connectivity index is 1.53. The minimum atomic E-state index is -3.69. The fourth-order valence-electron chi connectivity index (χ4n) is 3.53. The van der Waals surface area contributed by atoms with Gasteiger partial charge in [-0.15, -0.1) is 0 Å². The SMILES string of the molecule is CC(C)(CCc1ccccc1OCC[C@@H](O)/C=C/c1cccc(NS(=O)(=O)c2ccccc2)c1)C(=O)O. The zero-order valence-electron chi connectivity index (χ0n) is 21.0. The van der Waals surface area contributed by atoms with Gasteiger partial charge in [0.1, 0.15) is 5.75 Å². The quantitative estimate of drug-likeness (QED) is 0.277. The third-order valence-electron chi connectivity index (χ3n) is 5.95. The van der Waals surface area contributed by atoms with Crippen molar-refractivity contribution in [3.05, 3.63) is 96.1 Å². The predicted octanol–water partition coefficient (Wildman–Crippen LogP) is 5.37. The van der Waals surface area contributed by atoms with Crippen LogP contribution in [0, 0.1) is 5.41 Å². The van der Waals surface area contributed by atoms with E-state index < -0.39 is 27.5 Å². The molecule has 0 spiro atoms. The molecule has 0 saturated carbocycles. The minimum absolute atomic E-state index is 0.179. The molecule has 0 fully saturated rings. The van der Waals surface area contributed by atoms with E-state index in [1.807, 2.05) is 30.3 Å². The van der Waals surface area contributed by atoms with E-state index in [-0.39, 0.29) is 11.5 Å². The zero-order chi connectivity index (χ0) is 26.9. The first-order chi connectivity index (χ1) is 17.6. The maximum absolute atomic E-state index is 12.5. The van der Waals surface area contributed by atoms with E-state index >= 15 is 0 Å². The van der Waals surface area contributed by atoms with Crippen molar-refractivity contribution < 1.29 is 28.2 Å². The number of benzene rings is 3. The lowest BCUT2D eigenvalue weighted by molar-refractivity contribution is -0.147. The lowest BCUT2D eigenvalue weighted by Gasteiger charge is -2.20. The number of hydrogen-bond donors (Lipinski definition) is 3. The summed E-state index contributed by atoms with van der Waals surface area (Å²) < 4.78 is 33.6. The Morgan fingerprint density at radius 2 is 1.73 bits per heavy atom. The summed E-state index contributed by atoms with van der Waals surface area (Å²) in [6, 6.07) is 22.5. The van der Waals surface area contributed by atoms with E-state index in [1.165, 1.54) is 12.1 Å². The van der Waals surface area contributed by atoms with E-state index in [9.17, 15) is 23.4 Å². The number of aliphatic hydroxyl groups is 1. The zero-order valence-corrected chi connectivity index (χ0v) is 21.8. The lowest BCUT2D eigenvalue weighted by atomic mass is 9.86. The number of aryl methyl sites for hydroxylation is 1. The predicted molar refractivity (Wildman–Crippen MR) is 145 cm³/mol. The van der Waals surface area contributed by atoms with E-state index in [4.69, 9.17) is 4.74 Å². The minimum Gasteiger partial charge on any atom is -0.493 e. The van der Waals surface area contributed by atoms with Crippen LogP contribution >= 0.6 is 0 Å². The molecule has 0 aromatic heterocycles. The molecule has 0 unspecified atom stereocenters. The molecule has 3 aromatic carbocycles. The first kappa shape index (κ1) is 28.0. The van der Waals surface area contributed by atoms with Crippen LogP contribution in [-0.2, 0) is 21.2 Å². The number of anilines is 1. The second kappa shape index (κ2) is 12.6. The smallest absolute Gasteiger partial charge is 0.309 e. The standard InChI is InChI=1S/C29H33NO6S/c1-29(2,28(32)33)19-17-23-10-6-7-14-27(23)36-20-18-25(31)16-15-22-9-8-11-24(21-22)30-37(34,35)26-12-4-3-5-13-26/h3-16,21,25,30-31H,17-20H2,1-2H3,(H,32,33)/b16-15+/t25-/m0/s1. The number of sulfonamides is 1. The van der Waals surface area contributed by atoms with Crippen LogP contribution in [0.5, 0.6) is 5.75 Å². The van der Waals surface area contributed by atoms with Crippen LogP contribution < -0.4 is 9.46 Å². The molecule has 0 aliphatic carbocycles. The number of aliphatic carboxylic acids is 1. The highest BCUT2D eigenvalue weighted by molar-refractivity contribution is 7.92. The first-order valence-electron chi connectivity index (χ1n) is 12.1. The Labute approximate surface area is 218 Å². The van der Waals surface area contributed by atoms with Crippen LogP contribution in [-0.4, -0.2) is 37.3 Å². The number of ether oxygens (including phenoxy) is 1. The molecule has 37 heavy (non-hydrogen) atoms. The summed E-state index contributed by atoms with van der Waals surface area (Å²) in [6.45, 7) is 3.69. The van der Waals surface area contributed by atoms with Crippen LogP contribution in [0.15, 0.2) is 89.8 Å². The van der Waals surface area contributed by atoms with E-state index in [0.29, 0.717) is 30.7 Å². The fourth-order valence-corrected chi connectivity index (χ4v) is 4.60. The molecule has 0 saturated heterocycles. The van der Waals surface area contributed by atoms with E-state index in [0.717, 1.165) is 11.1 Å². The summed E-state index contributed by atoms with van der Waals surface area (Å²) in [7, 11) is -3.69. The number of hydrogen-bond acceptors (Lipinski definition) is 5. The van der Waals surface area contributed by atoms with Crippen LogP contribution in [0.2, 0.25) is 0 Å². The number of carboxylic acids is 1.